The number of piperazine rings is 1. The monoisotopic (exact) mass is 400 g/mol. The molecule has 158 valence electrons. The molecule has 0 amide bonds. The van der Waals surface area contributed by atoms with Crippen molar-refractivity contribution in [3.63, 3.8) is 0 Å². The number of aromatic amines is 1. The Balaban J connectivity index is 1.71. The molecule has 0 bridgehead atoms. The van der Waals surface area contributed by atoms with Crippen molar-refractivity contribution in [1.29, 1.82) is 0 Å². The molecule has 0 atom stereocenters. The van der Waals surface area contributed by atoms with Gasteiger partial charge in [0.1, 0.15) is 5.75 Å². The summed E-state index contributed by atoms with van der Waals surface area (Å²) in [6, 6.07) is 8.12. The summed E-state index contributed by atoms with van der Waals surface area (Å²) in [6.45, 7) is 8.01. The van der Waals surface area contributed by atoms with Crippen molar-refractivity contribution >= 4 is 11.6 Å². The molecule has 0 aliphatic carbocycles. The van der Waals surface area contributed by atoms with Gasteiger partial charge in [0.15, 0.2) is 0 Å². The van der Waals surface area contributed by atoms with E-state index in [1.54, 1.807) is 14.2 Å². The van der Waals surface area contributed by atoms with Crippen molar-refractivity contribution in [3.05, 3.63) is 45.9 Å². The molecule has 29 heavy (non-hydrogen) atoms. The minimum Gasteiger partial charge on any atom is -0.497 e. The van der Waals surface area contributed by atoms with Gasteiger partial charge < -0.3 is 19.3 Å². The summed E-state index contributed by atoms with van der Waals surface area (Å²) in [5.74, 6) is 2.04. The van der Waals surface area contributed by atoms with Crippen LogP contribution in [-0.4, -0.2) is 50.4 Å². The molecule has 7 nitrogen and oxygen atoms in total. The van der Waals surface area contributed by atoms with Gasteiger partial charge in [0.2, 0.25) is 5.95 Å². The summed E-state index contributed by atoms with van der Waals surface area (Å²) in [5.41, 5.74) is 2.64. The second-order valence-electron chi connectivity index (χ2n) is 7.85. The van der Waals surface area contributed by atoms with Crippen LogP contribution in [0.4, 0.5) is 11.6 Å². The molecule has 0 unspecified atom stereocenters. The van der Waals surface area contributed by atoms with Crippen LogP contribution in [0.15, 0.2) is 29.1 Å². The number of methoxy groups -OCH3 is 2. The van der Waals surface area contributed by atoms with E-state index in [1.807, 2.05) is 12.1 Å². The smallest absolute Gasteiger partial charge is 0.255 e. The summed E-state index contributed by atoms with van der Waals surface area (Å²) in [7, 11) is 3.32. The topological polar surface area (TPSA) is 70.7 Å². The van der Waals surface area contributed by atoms with E-state index in [1.165, 1.54) is 5.69 Å². The first kappa shape index (κ1) is 21.2. The van der Waals surface area contributed by atoms with E-state index < -0.39 is 0 Å². The molecular weight excluding hydrogens is 368 g/mol. The van der Waals surface area contributed by atoms with Crippen LogP contribution >= 0.6 is 0 Å². The average molecular weight is 401 g/mol. The van der Waals surface area contributed by atoms with Gasteiger partial charge in [-0.15, -0.1) is 0 Å². The van der Waals surface area contributed by atoms with E-state index in [2.05, 4.69) is 40.8 Å². The molecule has 2 aromatic rings. The van der Waals surface area contributed by atoms with Crippen molar-refractivity contribution < 1.29 is 9.47 Å². The first-order valence-corrected chi connectivity index (χ1v) is 10.3. The van der Waals surface area contributed by atoms with Gasteiger partial charge in [0.25, 0.3) is 5.56 Å². The van der Waals surface area contributed by atoms with Crippen molar-refractivity contribution in [1.82, 2.24) is 9.97 Å². The van der Waals surface area contributed by atoms with E-state index in [9.17, 15) is 4.79 Å². The number of hydrogen-bond donors (Lipinski definition) is 1. The number of ether oxygens (including phenoxy) is 2. The molecule has 1 aliphatic heterocycles. The number of anilines is 2. The fourth-order valence-electron chi connectivity index (χ4n) is 3.60. The second kappa shape index (κ2) is 9.78. The highest BCUT2D eigenvalue weighted by Gasteiger charge is 2.21. The Morgan fingerprint density at radius 2 is 1.72 bits per heavy atom. The molecule has 7 heteroatoms. The quantitative estimate of drug-likeness (QED) is 0.735. The first-order valence-electron chi connectivity index (χ1n) is 10.3. The van der Waals surface area contributed by atoms with E-state index in [0.717, 1.165) is 56.0 Å². The third-order valence-corrected chi connectivity index (χ3v) is 5.36. The highest BCUT2D eigenvalue weighted by Crippen LogP contribution is 2.22. The van der Waals surface area contributed by atoms with Gasteiger partial charge in [0, 0.05) is 44.5 Å². The molecule has 2 heterocycles. The maximum Gasteiger partial charge on any atom is 0.255 e. The lowest BCUT2D eigenvalue weighted by Gasteiger charge is -2.36. The van der Waals surface area contributed by atoms with Gasteiger partial charge in [-0.1, -0.05) is 13.8 Å². The molecule has 3 rings (SSSR count). The predicted octanol–water partition coefficient (Wildman–Crippen LogP) is 2.84. The van der Waals surface area contributed by atoms with Gasteiger partial charge in [-0.05, 0) is 43.0 Å². The summed E-state index contributed by atoms with van der Waals surface area (Å²) >= 11 is 0. The minimum atomic E-state index is -0.0414. The molecule has 1 saturated heterocycles. The number of aromatic nitrogens is 2. The number of H-pyrrole nitrogens is 1. The zero-order chi connectivity index (χ0) is 20.8. The van der Waals surface area contributed by atoms with Crippen molar-refractivity contribution in [2.45, 2.75) is 33.3 Å². The summed E-state index contributed by atoms with van der Waals surface area (Å²) in [4.78, 5) is 25.0. The molecule has 0 spiro atoms. The van der Waals surface area contributed by atoms with Gasteiger partial charge in [-0.25, -0.2) is 4.98 Å². The second-order valence-corrected chi connectivity index (χ2v) is 7.85. The van der Waals surface area contributed by atoms with Crippen molar-refractivity contribution in [2.24, 2.45) is 5.92 Å². The van der Waals surface area contributed by atoms with Crippen molar-refractivity contribution in [2.75, 3.05) is 50.2 Å². The van der Waals surface area contributed by atoms with Gasteiger partial charge in [-0.3, -0.25) is 9.78 Å². The number of rotatable bonds is 8. The first-order chi connectivity index (χ1) is 14.0. The van der Waals surface area contributed by atoms with E-state index in [-0.39, 0.29) is 5.56 Å². The Labute approximate surface area is 172 Å². The molecule has 0 saturated carbocycles. The summed E-state index contributed by atoms with van der Waals surface area (Å²) in [5, 5.41) is 0. The summed E-state index contributed by atoms with van der Waals surface area (Å²) in [6.07, 6.45) is 1.69. The number of nitrogens with zero attached hydrogens (tertiary/aromatic N) is 3. The van der Waals surface area contributed by atoms with Crippen LogP contribution in [0.3, 0.4) is 0 Å². The van der Waals surface area contributed by atoms with E-state index >= 15 is 0 Å². The lowest BCUT2D eigenvalue weighted by Crippen LogP contribution is -2.47. The maximum absolute atomic E-state index is 12.7. The van der Waals surface area contributed by atoms with Crippen LogP contribution < -0.4 is 20.1 Å². The Morgan fingerprint density at radius 1 is 1.07 bits per heavy atom. The Morgan fingerprint density at radius 3 is 2.31 bits per heavy atom. The Bertz CT molecular complexity index is 840. The largest absolute Gasteiger partial charge is 0.497 e. The fraction of sp³-hybridized carbons (Fsp3) is 0.545. The van der Waals surface area contributed by atoms with E-state index in [0.29, 0.717) is 18.5 Å². The predicted molar refractivity (Wildman–Crippen MR) is 116 cm³/mol. The minimum absolute atomic E-state index is 0.0414. The Kier molecular flexibility index (Phi) is 7.14. The number of hydrogen-bond acceptors (Lipinski definition) is 6. The number of benzene rings is 1. The highest BCUT2D eigenvalue weighted by atomic mass is 16.5. The Hall–Kier alpha value is -2.54. The molecule has 0 radical (unpaired) electrons. The SMILES string of the molecule is COCc1nc(N2CCN(c3ccc(OC)cc3)CC2)[nH]c(=O)c1CCC(C)C. The van der Waals surface area contributed by atoms with Gasteiger partial charge in [-0.2, -0.15) is 0 Å². The molecule has 1 aromatic heterocycles. The molecule has 1 N–H and O–H groups in total. The number of nitrogens with one attached hydrogen (secondary N) is 1. The molecule has 1 fully saturated rings. The molecule has 1 aromatic carbocycles. The standard InChI is InChI=1S/C22H32N4O3/c1-16(2)5-10-19-20(15-28-3)23-22(24-21(19)27)26-13-11-25(12-14-26)17-6-8-18(29-4)9-7-17/h6-9,16H,5,10-15H2,1-4H3,(H,23,24,27). The zero-order valence-electron chi connectivity index (χ0n) is 17.9. The lowest BCUT2D eigenvalue weighted by molar-refractivity contribution is 0.180. The van der Waals surface area contributed by atoms with Crippen molar-refractivity contribution in [3.8, 4) is 5.75 Å². The summed E-state index contributed by atoms with van der Waals surface area (Å²) < 4.78 is 10.5. The van der Waals surface area contributed by atoms with Gasteiger partial charge in [0.05, 0.1) is 19.4 Å². The van der Waals surface area contributed by atoms with Crippen LogP contribution in [-0.2, 0) is 17.8 Å². The van der Waals surface area contributed by atoms with Crippen LogP contribution in [0.1, 0.15) is 31.5 Å². The van der Waals surface area contributed by atoms with Crippen LogP contribution in [0, 0.1) is 5.92 Å². The lowest BCUT2D eigenvalue weighted by atomic mass is 10.0. The van der Waals surface area contributed by atoms with Gasteiger partial charge >= 0.3 is 0 Å². The zero-order valence-corrected chi connectivity index (χ0v) is 17.9. The fourth-order valence-corrected chi connectivity index (χ4v) is 3.60. The maximum atomic E-state index is 12.7. The van der Waals surface area contributed by atoms with Crippen LogP contribution in [0.5, 0.6) is 5.75 Å². The molecule has 1 aliphatic rings. The third-order valence-electron chi connectivity index (χ3n) is 5.36. The molecular formula is C22H32N4O3. The van der Waals surface area contributed by atoms with Crippen LogP contribution in [0.2, 0.25) is 0 Å². The third kappa shape index (κ3) is 5.29. The normalized spacial score (nSPS) is 14.5. The average Bonchev–Trinajstić information content (AvgIpc) is 2.73. The van der Waals surface area contributed by atoms with E-state index in [4.69, 9.17) is 14.5 Å². The van der Waals surface area contributed by atoms with Crippen LogP contribution in [0.25, 0.3) is 0 Å². The highest BCUT2D eigenvalue weighted by molar-refractivity contribution is 5.50.